The van der Waals surface area contributed by atoms with Crippen LogP contribution in [0.2, 0.25) is 0 Å². The van der Waals surface area contributed by atoms with Gasteiger partial charge in [-0.15, -0.1) is 0 Å². The van der Waals surface area contributed by atoms with Crippen LogP contribution in [0.4, 0.5) is 4.39 Å². The highest BCUT2D eigenvalue weighted by molar-refractivity contribution is 5.69. The Morgan fingerprint density at radius 2 is 2.05 bits per heavy atom. The first-order chi connectivity index (χ1) is 9.45. The van der Waals surface area contributed by atoms with Gasteiger partial charge in [0.2, 0.25) is 0 Å². The van der Waals surface area contributed by atoms with Crippen LogP contribution in [0.1, 0.15) is 44.7 Å². The predicted molar refractivity (Wildman–Crippen MR) is 76.2 cm³/mol. The lowest BCUT2D eigenvalue weighted by Crippen LogP contribution is -2.07. The van der Waals surface area contributed by atoms with Crippen LogP contribution >= 0.6 is 0 Å². The molecule has 1 N–H and O–H groups in total. The molecule has 0 radical (unpaired) electrons. The van der Waals surface area contributed by atoms with Crippen LogP contribution in [0.25, 0.3) is 0 Å². The number of phenolic OH excluding ortho intramolecular Hbond substituents is 1. The Labute approximate surface area is 119 Å². The monoisotopic (exact) mass is 282 g/mol. The van der Waals surface area contributed by atoms with E-state index in [-0.39, 0.29) is 18.1 Å². The minimum Gasteiger partial charge on any atom is -0.505 e. The highest BCUT2D eigenvalue weighted by atomic mass is 19.1. The molecule has 112 valence electrons. The number of hydrogen-bond donors (Lipinski definition) is 1. The van der Waals surface area contributed by atoms with Crippen LogP contribution in [0.3, 0.4) is 0 Å². The van der Waals surface area contributed by atoms with Gasteiger partial charge in [0.1, 0.15) is 0 Å². The van der Waals surface area contributed by atoms with Gasteiger partial charge in [-0.2, -0.15) is 0 Å². The van der Waals surface area contributed by atoms with Gasteiger partial charge in [-0.1, -0.05) is 19.9 Å². The predicted octanol–water partition coefficient (Wildman–Crippen LogP) is 3.62. The highest BCUT2D eigenvalue weighted by Gasteiger charge is 2.14. The smallest absolute Gasteiger partial charge is 0.306 e. The van der Waals surface area contributed by atoms with Gasteiger partial charge in [-0.3, -0.25) is 4.79 Å². The van der Waals surface area contributed by atoms with Crippen molar-refractivity contribution in [3.8, 4) is 5.75 Å². The molecule has 0 aliphatic heterocycles. The zero-order valence-corrected chi connectivity index (χ0v) is 12.4. The summed E-state index contributed by atoms with van der Waals surface area (Å²) in [5.74, 6) is -0.721. The molecule has 0 atom stereocenters. The van der Waals surface area contributed by atoms with E-state index in [9.17, 15) is 14.3 Å². The molecule has 0 saturated heterocycles. The van der Waals surface area contributed by atoms with Gasteiger partial charge in [-0.25, -0.2) is 4.39 Å². The number of carbonyl (C=O) groups is 1. The SMILES string of the molecule is CCOC(=O)CCc1ccc(O)c(F)c1CCC(C)C. The van der Waals surface area contributed by atoms with Crippen LogP contribution in [-0.4, -0.2) is 17.7 Å². The van der Waals surface area contributed by atoms with E-state index >= 15 is 0 Å². The van der Waals surface area contributed by atoms with Crippen LogP contribution in [0.15, 0.2) is 12.1 Å². The van der Waals surface area contributed by atoms with Crippen molar-refractivity contribution in [1.82, 2.24) is 0 Å². The molecule has 0 bridgehead atoms. The van der Waals surface area contributed by atoms with Gasteiger partial charge < -0.3 is 9.84 Å². The molecule has 1 aromatic rings. The van der Waals surface area contributed by atoms with Crippen LogP contribution < -0.4 is 0 Å². The lowest BCUT2D eigenvalue weighted by atomic mass is 9.95. The van der Waals surface area contributed by atoms with Gasteiger partial charge in [0, 0.05) is 6.42 Å². The van der Waals surface area contributed by atoms with Gasteiger partial charge in [-0.05, 0) is 49.3 Å². The van der Waals surface area contributed by atoms with E-state index in [1.54, 1.807) is 13.0 Å². The minimum absolute atomic E-state index is 0.229. The number of benzene rings is 1. The molecule has 0 amide bonds. The summed E-state index contributed by atoms with van der Waals surface area (Å²) in [7, 11) is 0. The number of hydrogen-bond acceptors (Lipinski definition) is 3. The second kappa shape index (κ2) is 7.88. The molecule has 0 fully saturated rings. The number of carbonyl (C=O) groups excluding carboxylic acids is 1. The van der Waals surface area contributed by atoms with Gasteiger partial charge in [0.05, 0.1) is 6.61 Å². The van der Waals surface area contributed by atoms with E-state index in [4.69, 9.17) is 4.74 Å². The minimum atomic E-state index is -0.563. The van der Waals surface area contributed by atoms with Crippen LogP contribution in [0.5, 0.6) is 5.75 Å². The van der Waals surface area contributed by atoms with E-state index in [0.29, 0.717) is 30.9 Å². The third-order valence-electron chi connectivity index (χ3n) is 3.20. The molecule has 20 heavy (non-hydrogen) atoms. The number of aromatic hydroxyl groups is 1. The molecule has 0 saturated carbocycles. The molecule has 0 heterocycles. The first-order valence-electron chi connectivity index (χ1n) is 7.10. The fourth-order valence-corrected chi connectivity index (χ4v) is 2.06. The van der Waals surface area contributed by atoms with Gasteiger partial charge in [0.25, 0.3) is 0 Å². The van der Waals surface area contributed by atoms with Crippen molar-refractivity contribution in [1.29, 1.82) is 0 Å². The van der Waals surface area contributed by atoms with E-state index in [2.05, 4.69) is 13.8 Å². The molecule has 0 unspecified atom stereocenters. The maximum atomic E-state index is 14.0. The molecule has 0 aliphatic rings. The normalized spacial score (nSPS) is 10.8. The standard InChI is InChI=1S/C16H23FO3/c1-4-20-15(19)10-7-12-6-9-14(18)16(17)13(12)8-5-11(2)3/h6,9,11,18H,4-5,7-8,10H2,1-3H3. The molecule has 1 rings (SSSR count). The third kappa shape index (κ3) is 4.83. The maximum Gasteiger partial charge on any atom is 0.306 e. The summed E-state index contributed by atoms with van der Waals surface area (Å²) in [5, 5.41) is 9.48. The molecular weight excluding hydrogens is 259 g/mol. The van der Waals surface area contributed by atoms with Crippen molar-refractivity contribution >= 4 is 5.97 Å². The molecule has 0 spiro atoms. The van der Waals surface area contributed by atoms with Crippen LogP contribution in [-0.2, 0) is 22.4 Å². The number of aryl methyl sites for hydroxylation is 1. The summed E-state index contributed by atoms with van der Waals surface area (Å²) in [6, 6.07) is 3.03. The van der Waals surface area contributed by atoms with Gasteiger partial charge in [0.15, 0.2) is 11.6 Å². The van der Waals surface area contributed by atoms with E-state index in [0.717, 1.165) is 12.0 Å². The van der Waals surface area contributed by atoms with Crippen molar-refractivity contribution in [2.24, 2.45) is 5.92 Å². The van der Waals surface area contributed by atoms with Crippen molar-refractivity contribution in [3.63, 3.8) is 0 Å². The Morgan fingerprint density at radius 3 is 2.65 bits per heavy atom. The van der Waals surface area contributed by atoms with Crippen LogP contribution in [0, 0.1) is 11.7 Å². The average molecular weight is 282 g/mol. The van der Waals surface area contributed by atoms with Crippen molar-refractivity contribution in [2.75, 3.05) is 6.61 Å². The van der Waals surface area contributed by atoms with Crippen molar-refractivity contribution < 1.29 is 19.0 Å². The molecule has 0 aliphatic carbocycles. The third-order valence-corrected chi connectivity index (χ3v) is 3.20. The van der Waals surface area contributed by atoms with E-state index < -0.39 is 5.82 Å². The number of rotatable bonds is 7. The van der Waals surface area contributed by atoms with E-state index in [1.807, 2.05) is 0 Å². The highest BCUT2D eigenvalue weighted by Crippen LogP contribution is 2.26. The lowest BCUT2D eigenvalue weighted by molar-refractivity contribution is -0.143. The largest absolute Gasteiger partial charge is 0.505 e. The Hall–Kier alpha value is -1.58. The fourth-order valence-electron chi connectivity index (χ4n) is 2.06. The Morgan fingerprint density at radius 1 is 1.35 bits per heavy atom. The number of phenols is 1. The lowest BCUT2D eigenvalue weighted by Gasteiger charge is -2.13. The summed E-state index contributed by atoms with van der Waals surface area (Å²) in [6.07, 6.45) is 2.07. The van der Waals surface area contributed by atoms with Crippen molar-refractivity contribution in [2.45, 2.75) is 46.5 Å². The topological polar surface area (TPSA) is 46.5 Å². The van der Waals surface area contributed by atoms with Gasteiger partial charge >= 0.3 is 5.97 Å². The molecule has 0 aromatic heterocycles. The van der Waals surface area contributed by atoms with E-state index in [1.165, 1.54) is 6.07 Å². The summed E-state index contributed by atoms with van der Waals surface area (Å²) >= 11 is 0. The quantitative estimate of drug-likeness (QED) is 0.777. The fraction of sp³-hybridized carbons (Fsp3) is 0.562. The summed E-state index contributed by atoms with van der Waals surface area (Å²) in [6.45, 7) is 6.24. The first-order valence-corrected chi connectivity index (χ1v) is 7.10. The zero-order chi connectivity index (χ0) is 15.1. The number of esters is 1. The Bertz CT molecular complexity index is 455. The Balaban J connectivity index is 2.83. The number of ether oxygens (including phenoxy) is 1. The summed E-state index contributed by atoms with van der Waals surface area (Å²) in [4.78, 5) is 11.4. The second-order valence-corrected chi connectivity index (χ2v) is 5.27. The molecule has 3 nitrogen and oxygen atoms in total. The molecular formula is C16H23FO3. The molecule has 1 aromatic carbocycles. The first kappa shape index (κ1) is 16.5. The average Bonchev–Trinajstić information content (AvgIpc) is 2.39. The Kier molecular flexibility index (Phi) is 6.49. The molecule has 4 heteroatoms. The zero-order valence-electron chi connectivity index (χ0n) is 12.4. The summed E-state index contributed by atoms with van der Waals surface area (Å²) < 4.78 is 18.9. The second-order valence-electron chi connectivity index (χ2n) is 5.27. The number of halogens is 1. The summed E-state index contributed by atoms with van der Waals surface area (Å²) in [5.41, 5.74) is 1.29. The maximum absolute atomic E-state index is 14.0. The van der Waals surface area contributed by atoms with Crippen molar-refractivity contribution in [3.05, 3.63) is 29.1 Å².